The molecule has 0 saturated carbocycles. The van der Waals surface area contributed by atoms with Gasteiger partial charge >= 0.3 is 48.3 Å². The Balaban J connectivity index is 0.00000249. The van der Waals surface area contributed by atoms with E-state index in [1.807, 2.05) is 130 Å². The Morgan fingerprint density at radius 1 is 0.400 bits per heavy atom. The third kappa shape index (κ3) is 7.10. The van der Waals surface area contributed by atoms with Gasteiger partial charge in [-0.25, -0.2) is 9.97 Å². The van der Waals surface area contributed by atoms with E-state index in [9.17, 15) is 13.2 Å². The number of hydrogen-bond donors (Lipinski definition) is 0. The Morgan fingerprint density at radius 3 is 1.15 bits per heavy atom. The molecule has 11 nitrogen and oxygen atoms in total. The standard InChI is InChI=1S/C49H24F3N9O2.2Pt/c50-49(51,52)47-55-57-48(58-56-47)61-43-27-31(62-29-15-19-35-33-9-1-3-11-39(33)59(41(35)25-29)45-13-5-7-23-53-45)17-21-37(43)38-22-18-32(28-44(38)61)63-30-16-20-36-34-10-2-4-12-40(34)60(42(36)26-30)46-14-6-8-24-54-46;;/h1-24H;;/q-4;2*+2. The second kappa shape index (κ2) is 16.4. The molecule has 0 spiro atoms. The summed E-state index contributed by atoms with van der Waals surface area (Å²) in [4.78, 5) is 9.21. The van der Waals surface area contributed by atoms with Crippen LogP contribution in [0, 0.1) is 24.3 Å². The van der Waals surface area contributed by atoms with Crippen molar-refractivity contribution in [2.75, 3.05) is 0 Å². The van der Waals surface area contributed by atoms with Gasteiger partial charge in [0.2, 0.25) is 0 Å². The molecule has 6 aromatic carbocycles. The zero-order valence-electron chi connectivity index (χ0n) is 33.0. The maximum atomic E-state index is 13.6. The van der Waals surface area contributed by atoms with Gasteiger partial charge in [0.1, 0.15) is 11.6 Å². The van der Waals surface area contributed by atoms with Crippen LogP contribution < -0.4 is 9.47 Å². The van der Waals surface area contributed by atoms with E-state index < -0.39 is 12.0 Å². The summed E-state index contributed by atoms with van der Waals surface area (Å²) >= 11 is 0. The Morgan fingerprint density at radius 2 is 0.769 bits per heavy atom. The van der Waals surface area contributed by atoms with E-state index in [4.69, 9.17) is 9.47 Å². The van der Waals surface area contributed by atoms with Crippen molar-refractivity contribution in [3.05, 3.63) is 176 Å². The van der Waals surface area contributed by atoms with Crippen LogP contribution in [0.25, 0.3) is 83.0 Å². The Labute approximate surface area is 394 Å². The van der Waals surface area contributed by atoms with Crippen LogP contribution in [0.3, 0.4) is 0 Å². The fourth-order valence-electron chi connectivity index (χ4n) is 8.12. The third-order valence-electron chi connectivity index (χ3n) is 10.8. The van der Waals surface area contributed by atoms with Gasteiger partial charge < -0.3 is 23.2 Å². The molecule has 0 unspecified atom stereocenters. The molecule has 0 saturated heterocycles. The largest absolute Gasteiger partial charge is 2.00 e. The van der Waals surface area contributed by atoms with Crippen LogP contribution in [0.15, 0.2) is 146 Å². The average molecular weight is 1220 g/mol. The first-order chi connectivity index (χ1) is 30.9. The van der Waals surface area contributed by atoms with Crippen LogP contribution in [-0.2, 0) is 48.3 Å². The number of para-hydroxylation sites is 2. The number of alkyl halides is 3. The van der Waals surface area contributed by atoms with Gasteiger partial charge in [-0.05, 0) is 47.2 Å². The van der Waals surface area contributed by atoms with Crippen molar-refractivity contribution in [2.24, 2.45) is 0 Å². The molecule has 16 heteroatoms. The molecule has 12 rings (SSSR count). The summed E-state index contributed by atoms with van der Waals surface area (Å²) in [6, 6.07) is 55.6. The third-order valence-corrected chi connectivity index (χ3v) is 10.8. The Hall–Kier alpha value is -7.27. The fraction of sp³-hybridized carbons (Fsp3) is 0.0204. The van der Waals surface area contributed by atoms with Crippen LogP contribution in [0.2, 0.25) is 0 Å². The zero-order chi connectivity index (χ0) is 42.2. The van der Waals surface area contributed by atoms with Gasteiger partial charge in [-0.3, -0.25) is 0 Å². The van der Waals surface area contributed by atoms with Gasteiger partial charge in [-0.15, -0.1) is 79.7 Å². The molecule has 0 aliphatic carbocycles. The van der Waals surface area contributed by atoms with E-state index in [2.05, 4.69) is 54.6 Å². The van der Waals surface area contributed by atoms with E-state index >= 15 is 0 Å². The Bertz CT molecular complexity index is 3530. The van der Waals surface area contributed by atoms with Gasteiger partial charge in [-0.2, -0.15) is 48.2 Å². The number of aromatic nitrogens is 9. The predicted molar refractivity (Wildman–Crippen MR) is 230 cm³/mol. The van der Waals surface area contributed by atoms with Crippen molar-refractivity contribution in [1.82, 2.24) is 44.1 Å². The second-order valence-electron chi connectivity index (χ2n) is 14.5. The Kier molecular flexibility index (Phi) is 10.5. The quantitative estimate of drug-likeness (QED) is 0.145. The van der Waals surface area contributed by atoms with Crippen LogP contribution in [0.5, 0.6) is 23.0 Å². The van der Waals surface area contributed by atoms with E-state index in [1.165, 1.54) is 4.57 Å². The minimum atomic E-state index is -4.85. The van der Waals surface area contributed by atoms with Gasteiger partial charge in [0.05, 0.1) is 0 Å². The van der Waals surface area contributed by atoms with Gasteiger partial charge in [-0.1, -0.05) is 70.6 Å². The molecule has 0 N–H and O–H groups in total. The van der Waals surface area contributed by atoms with Crippen molar-refractivity contribution in [3.8, 4) is 40.6 Å². The predicted octanol–water partition coefficient (Wildman–Crippen LogP) is 11.1. The molecule has 0 radical (unpaired) electrons. The molecule has 318 valence electrons. The minimum absolute atomic E-state index is 0. The van der Waals surface area contributed by atoms with Crippen LogP contribution in [-0.4, -0.2) is 44.1 Å². The molecule has 6 heterocycles. The van der Waals surface area contributed by atoms with Gasteiger partial charge in [0.15, 0.2) is 0 Å². The average Bonchev–Trinajstić information content (AvgIpc) is 3.94. The zero-order valence-corrected chi connectivity index (χ0v) is 37.5. The van der Waals surface area contributed by atoms with Gasteiger partial charge in [0, 0.05) is 46.4 Å². The van der Waals surface area contributed by atoms with Crippen LogP contribution in [0.1, 0.15) is 5.82 Å². The molecule has 0 amide bonds. The normalized spacial score (nSPS) is 11.7. The maximum Gasteiger partial charge on any atom is 2.00 e. The molecular weight excluding hydrogens is 1190 g/mol. The smallest absolute Gasteiger partial charge is 0.509 e. The molecule has 0 bridgehead atoms. The van der Waals surface area contributed by atoms with Crippen molar-refractivity contribution < 1.29 is 64.8 Å². The molecule has 0 aliphatic rings. The van der Waals surface area contributed by atoms with Crippen molar-refractivity contribution >= 4 is 65.4 Å². The van der Waals surface area contributed by atoms with E-state index in [-0.39, 0.29) is 59.6 Å². The number of hydrogen-bond acceptors (Lipinski definition) is 8. The SMILES string of the molecule is FC(F)(F)c1nnc(-n2c3[c-]c(Oc4[c-]c5c(cc4)c4ccccc4n5-c4ccccn4)ccc3c3ccc(Oc4[c-]c5c(cc4)c4ccccc4n5-c4ccccn4)[c-]c32)nn1.[Pt+2].[Pt+2]. The van der Waals surface area contributed by atoms with Crippen LogP contribution >= 0.6 is 0 Å². The summed E-state index contributed by atoms with van der Waals surface area (Å²) in [7, 11) is 0. The molecule has 0 aliphatic heterocycles. The first-order valence-corrected chi connectivity index (χ1v) is 19.5. The molecule has 12 aromatic rings. The summed E-state index contributed by atoms with van der Waals surface area (Å²) < 4.78 is 59.1. The van der Waals surface area contributed by atoms with E-state index in [1.54, 1.807) is 24.5 Å². The summed E-state index contributed by atoms with van der Waals surface area (Å²) in [5.41, 5.74) is 4.18. The summed E-state index contributed by atoms with van der Waals surface area (Å²) in [5, 5.41) is 19.8. The molecule has 6 aromatic heterocycles. The number of ether oxygens (including phenoxy) is 2. The van der Waals surface area contributed by atoms with Crippen molar-refractivity contribution in [2.45, 2.75) is 6.18 Å². The molecule has 0 fully saturated rings. The number of fused-ring (bicyclic) bond motifs is 9. The number of halogens is 3. The molecule has 65 heavy (non-hydrogen) atoms. The number of benzene rings is 6. The van der Waals surface area contributed by atoms with Crippen LogP contribution in [0.4, 0.5) is 13.2 Å². The topological polar surface area (TPSA) is 111 Å². The first kappa shape index (κ1) is 41.7. The fourth-order valence-corrected chi connectivity index (χ4v) is 8.12. The summed E-state index contributed by atoms with van der Waals surface area (Å²) in [5.74, 6) is 1.09. The van der Waals surface area contributed by atoms with Gasteiger partial charge in [0.25, 0.3) is 11.8 Å². The molecule has 0 atom stereocenters. The van der Waals surface area contributed by atoms with E-state index in [0.29, 0.717) is 33.3 Å². The summed E-state index contributed by atoms with van der Waals surface area (Å²) in [6.07, 6.45) is -1.38. The number of nitrogens with zero attached hydrogens (tertiary/aromatic N) is 9. The maximum absolute atomic E-state index is 13.6. The van der Waals surface area contributed by atoms with Crippen molar-refractivity contribution in [3.63, 3.8) is 0 Å². The number of rotatable bonds is 7. The number of pyridine rings is 2. The monoisotopic (exact) mass is 1220 g/mol. The molecular formula is C49H24F3N9O2Pt2. The minimum Gasteiger partial charge on any atom is -0.509 e. The van der Waals surface area contributed by atoms with Crippen molar-refractivity contribution in [1.29, 1.82) is 0 Å². The summed E-state index contributed by atoms with van der Waals surface area (Å²) in [6.45, 7) is 0. The first-order valence-electron chi connectivity index (χ1n) is 19.5. The van der Waals surface area contributed by atoms with E-state index in [0.717, 1.165) is 55.2 Å². The second-order valence-corrected chi connectivity index (χ2v) is 14.5.